The molecular weight excluding hydrogens is 227 g/mol. The van der Waals surface area contributed by atoms with E-state index in [2.05, 4.69) is 12.1 Å². The molecule has 0 aromatic heterocycles. The van der Waals surface area contributed by atoms with E-state index in [-0.39, 0.29) is 12.4 Å². The van der Waals surface area contributed by atoms with Crippen LogP contribution in [0.1, 0.15) is 11.1 Å². The van der Waals surface area contributed by atoms with Gasteiger partial charge in [-0.25, -0.2) is 4.39 Å². The van der Waals surface area contributed by atoms with Crippen LogP contribution in [0.4, 0.5) is 10.1 Å². The van der Waals surface area contributed by atoms with Crippen LogP contribution in [0.5, 0.6) is 0 Å². The first-order chi connectivity index (χ1) is 8.70. The minimum absolute atomic E-state index is 0.231. The van der Waals surface area contributed by atoms with Gasteiger partial charge in [-0.05, 0) is 17.7 Å². The lowest BCUT2D eigenvalue weighted by molar-refractivity contribution is 0.610. The van der Waals surface area contributed by atoms with Crippen LogP contribution in [0.15, 0.2) is 48.5 Å². The molecule has 3 heteroatoms. The number of nitrogens with zero attached hydrogens (tertiary/aromatic N) is 1. The molecule has 2 nitrogen and oxygen atoms in total. The van der Waals surface area contributed by atoms with Gasteiger partial charge in [0.15, 0.2) is 0 Å². The Hall–Kier alpha value is -1.87. The van der Waals surface area contributed by atoms with E-state index >= 15 is 0 Å². The minimum Gasteiger partial charge on any atom is -0.370 e. The van der Waals surface area contributed by atoms with E-state index in [1.807, 2.05) is 36.2 Å². The van der Waals surface area contributed by atoms with Crippen LogP contribution in [-0.4, -0.2) is 7.05 Å². The Bertz CT molecular complexity index is 511. The molecule has 0 spiro atoms. The molecule has 0 unspecified atom stereocenters. The molecule has 18 heavy (non-hydrogen) atoms. The fraction of sp³-hybridized carbons (Fsp3) is 0.200. The lowest BCUT2D eigenvalue weighted by Gasteiger charge is -2.20. The van der Waals surface area contributed by atoms with Gasteiger partial charge in [-0.3, -0.25) is 0 Å². The third-order valence-electron chi connectivity index (χ3n) is 2.96. The summed E-state index contributed by atoms with van der Waals surface area (Å²) < 4.78 is 13.6. The average Bonchev–Trinajstić information content (AvgIpc) is 2.39. The van der Waals surface area contributed by atoms with Crippen molar-refractivity contribution < 1.29 is 4.39 Å². The molecule has 0 aliphatic heterocycles. The van der Waals surface area contributed by atoms with Crippen LogP contribution in [0.3, 0.4) is 0 Å². The predicted molar refractivity (Wildman–Crippen MR) is 72.8 cm³/mol. The Morgan fingerprint density at radius 1 is 1.11 bits per heavy atom. The summed E-state index contributed by atoms with van der Waals surface area (Å²) in [4.78, 5) is 2.01. The first-order valence-corrected chi connectivity index (χ1v) is 5.94. The first-order valence-electron chi connectivity index (χ1n) is 5.94. The van der Waals surface area contributed by atoms with Gasteiger partial charge in [-0.1, -0.05) is 36.4 Å². The summed E-state index contributed by atoms with van der Waals surface area (Å²) in [7, 11) is 1.95. The summed E-state index contributed by atoms with van der Waals surface area (Å²) in [6, 6.07) is 15.3. The highest BCUT2D eigenvalue weighted by Crippen LogP contribution is 2.19. The molecule has 2 aromatic rings. The van der Waals surface area contributed by atoms with Crippen LogP contribution >= 0.6 is 0 Å². The maximum Gasteiger partial charge on any atom is 0.129 e. The van der Waals surface area contributed by atoms with E-state index in [1.54, 1.807) is 6.07 Å². The van der Waals surface area contributed by atoms with E-state index in [1.165, 1.54) is 11.6 Å². The van der Waals surface area contributed by atoms with E-state index in [0.717, 1.165) is 12.2 Å². The van der Waals surface area contributed by atoms with Crippen molar-refractivity contribution in [2.24, 2.45) is 5.73 Å². The van der Waals surface area contributed by atoms with Crippen LogP contribution in [-0.2, 0) is 13.1 Å². The van der Waals surface area contributed by atoms with E-state index < -0.39 is 0 Å². The maximum atomic E-state index is 13.6. The lowest BCUT2D eigenvalue weighted by atomic mass is 10.1. The molecule has 0 aliphatic rings. The van der Waals surface area contributed by atoms with Crippen LogP contribution in [0.25, 0.3) is 0 Å². The van der Waals surface area contributed by atoms with Crippen molar-refractivity contribution in [3.05, 3.63) is 65.5 Å². The quantitative estimate of drug-likeness (QED) is 0.896. The van der Waals surface area contributed by atoms with Crippen molar-refractivity contribution in [1.82, 2.24) is 0 Å². The smallest absolute Gasteiger partial charge is 0.129 e. The number of halogens is 1. The zero-order chi connectivity index (χ0) is 13.0. The van der Waals surface area contributed by atoms with Crippen LogP contribution in [0, 0.1) is 5.82 Å². The SMILES string of the molecule is CN(Cc1ccccc1)c1ccc(CN)c(F)c1. The highest BCUT2D eigenvalue weighted by Gasteiger charge is 2.06. The second-order valence-corrected chi connectivity index (χ2v) is 4.32. The monoisotopic (exact) mass is 244 g/mol. The normalized spacial score (nSPS) is 10.4. The molecule has 0 heterocycles. The third-order valence-corrected chi connectivity index (χ3v) is 2.96. The van der Waals surface area contributed by atoms with E-state index in [4.69, 9.17) is 5.73 Å². The van der Waals surface area contributed by atoms with E-state index in [9.17, 15) is 4.39 Å². The van der Waals surface area contributed by atoms with Crippen LogP contribution in [0.2, 0.25) is 0 Å². The topological polar surface area (TPSA) is 29.3 Å². The summed E-state index contributed by atoms with van der Waals surface area (Å²) in [5.74, 6) is -0.241. The molecule has 0 aliphatic carbocycles. The fourth-order valence-corrected chi connectivity index (χ4v) is 1.89. The number of hydrogen-bond acceptors (Lipinski definition) is 2. The largest absolute Gasteiger partial charge is 0.370 e. The summed E-state index contributed by atoms with van der Waals surface area (Å²) in [6.07, 6.45) is 0. The van der Waals surface area contributed by atoms with Gasteiger partial charge in [0, 0.05) is 31.4 Å². The average molecular weight is 244 g/mol. The van der Waals surface area contributed by atoms with Gasteiger partial charge in [-0.15, -0.1) is 0 Å². The number of rotatable bonds is 4. The van der Waals surface area contributed by atoms with Gasteiger partial charge in [-0.2, -0.15) is 0 Å². The molecule has 0 saturated carbocycles. The molecule has 0 bridgehead atoms. The summed E-state index contributed by atoms with van der Waals surface area (Å²) in [6.45, 7) is 0.983. The number of nitrogens with two attached hydrogens (primary N) is 1. The molecule has 2 N–H and O–H groups in total. The first kappa shape index (κ1) is 12.6. The highest BCUT2D eigenvalue weighted by atomic mass is 19.1. The fourth-order valence-electron chi connectivity index (χ4n) is 1.89. The van der Waals surface area contributed by atoms with Gasteiger partial charge >= 0.3 is 0 Å². The Labute approximate surface area is 107 Å². The molecule has 0 saturated heterocycles. The summed E-state index contributed by atoms with van der Waals surface area (Å²) in [5.41, 5.74) is 8.05. The lowest BCUT2D eigenvalue weighted by Crippen LogP contribution is -2.16. The summed E-state index contributed by atoms with van der Waals surface area (Å²) >= 11 is 0. The van der Waals surface area contributed by atoms with Gasteiger partial charge in [0.05, 0.1) is 0 Å². The zero-order valence-corrected chi connectivity index (χ0v) is 10.4. The number of benzene rings is 2. The zero-order valence-electron chi connectivity index (χ0n) is 10.4. The Kier molecular flexibility index (Phi) is 3.95. The molecule has 0 atom stereocenters. The van der Waals surface area contributed by atoms with Gasteiger partial charge in [0.2, 0.25) is 0 Å². The third kappa shape index (κ3) is 2.87. The predicted octanol–water partition coefficient (Wildman–Crippen LogP) is 2.92. The molecule has 0 radical (unpaired) electrons. The maximum absolute atomic E-state index is 13.6. The van der Waals surface area contributed by atoms with Crippen LogP contribution < -0.4 is 10.6 Å². The van der Waals surface area contributed by atoms with Gasteiger partial charge in [0.25, 0.3) is 0 Å². The molecule has 2 rings (SSSR count). The van der Waals surface area contributed by atoms with E-state index in [0.29, 0.717) is 5.56 Å². The highest BCUT2D eigenvalue weighted by molar-refractivity contribution is 5.48. The molecule has 94 valence electrons. The number of anilines is 1. The minimum atomic E-state index is -0.241. The standard InChI is InChI=1S/C15H17FN2/c1-18(11-12-5-3-2-4-6-12)14-8-7-13(10-17)15(16)9-14/h2-9H,10-11,17H2,1H3. The second kappa shape index (κ2) is 5.65. The molecule has 2 aromatic carbocycles. The Morgan fingerprint density at radius 3 is 2.44 bits per heavy atom. The van der Waals surface area contributed by atoms with Crippen molar-refractivity contribution >= 4 is 5.69 Å². The molecular formula is C15H17FN2. The van der Waals surface area contributed by atoms with Crippen molar-refractivity contribution in [2.45, 2.75) is 13.1 Å². The van der Waals surface area contributed by atoms with Gasteiger partial charge < -0.3 is 10.6 Å². The van der Waals surface area contributed by atoms with Crippen molar-refractivity contribution in [3.8, 4) is 0 Å². The van der Waals surface area contributed by atoms with Gasteiger partial charge in [0.1, 0.15) is 5.82 Å². The molecule has 0 fully saturated rings. The van der Waals surface area contributed by atoms with Crippen molar-refractivity contribution in [3.63, 3.8) is 0 Å². The molecule has 0 amide bonds. The van der Waals surface area contributed by atoms with Crippen molar-refractivity contribution in [1.29, 1.82) is 0 Å². The summed E-state index contributed by atoms with van der Waals surface area (Å²) in [5, 5.41) is 0. The second-order valence-electron chi connectivity index (χ2n) is 4.32. The van der Waals surface area contributed by atoms with Crippen molar-refractivity contribution in [2.75, 3.05) is 11.9 Å². The Morgan fingerprint density at radius 2 is 1.83 bits per heavy atom. The Balaban J connectivity index is 2.14. The number of hydrogen-bond donors (Lipinski definition) is 1.